The molecule has 1 atom stereocenters. The molecule has 1 saturated heterocycles. The van der Waals surface area contributed by atoms with Crippen molar-refractivity contribution in [3.63, 3.8) is 0 Å². The number of aryl methyl sites for hydroxylation is 2. The standard InChI is InChI=1S/C31H31NO6/c1-18(2)38-25-15-14-23(16-20(25)4)28(33)26-27(24-9-7-6-8-19(24)3)32(30(35)29(26)34)17-21-10-12-22(13-11-21)31(36)37-5/h6-16,18,27,33H,17H2,1-5H3/b28-26+. The molecule has 196 valence electrons. The molecule has 0 radical (unpaired) electrons. The molecule has 1 aliphatic heterocycles. The van der Waals surface area contributed by atoms with Gasteiger partial charge in [-0.05, 0) is 80.3 Å². The average Bonchev–Trinajstić information content (AvgIpc) is 3.14. The highest BCUT2D eigenvalue weighted by Crippen LogP contribution is 2.41. The normalized spacial score (nSPS) is 16.7. The molecule has 1 N–H and O–H groups in total. The maximum Gasteiger partial charge on any atom is 0.337 e. The predicted octanol–water partition coefficient (Wildman–Crippen LogP) is 5.50. The highest BCUT2D eigenvalue weighted by atomic mass is 16.5. The summed E-state index contributed by atoms with van der Waals surface area (Å²) in [6, 6.07) is 18.6. The quantitative estimate of drug-likeness (QED) is 0.194. The van der Waals surface area contributed by atoms with E-state index in [-0.39, 0.29) is 24.0 Å². The van der Waals surface area contributed by atoms with Crippen LogP contribution in [0.2, 0.25) is 0 Å². The molecule has 0 aliphatic carbocycles. The van der Waals surface area contributed by atoms with Crippen molar-refractivity contribution < 1.29 is 29.0 Å². The van der Waals surface area contributed by atoms with Crippen LogP contribution in [-0.2, 0) is 20.9 Å². The zero-order chi connectivity index (χ0) is 27.6. The first-order valence-electron chi connectivity index (χ1n) is 12.4. The molecule has 38 heavy (non-hydrogen) atoms. The zero-order valence-corrected chi connectivity index (χ0v) is 22.1. The summed E-state index contributed by atoms with van der Waals surface area (Å²) in [6.45, 7) is 7.74. The third-order valence-electron chi connectivity index (χ3n) is 6.56. The molecule has 4 rings (SSSR count). The topological polar surface area (TPSA) is 93.1 Å². The molecule has 1 aliphatic rings. The number of amides is 1. The number of benzene rings is 3. The third-order valence-corrected chi connectivity index (χ3v) is 6.56. The van der Waals surface area contributed by atoms with Crippen LogP contribution in [0.3, 0.4) is 0 Å². The molecule has 1 heterocycles. The number of likely N-dealkylation sites (tertiary alicyclic amines) is 1. The Kier molecular flexibility index (Phi) is 7.67. The van der Waals surface area contributed by atoms with Crippen LogP contribution in [0.15, 0.2) is 72.3 Å². The summed E-state index contributed by atoms with van der Waals surface area (Å²) in [7, 11) is 1.31. The van der Waals surface area contributed by atoms with Crippen molar-refractivity contribution in [2.75, 3.05) is 7.11 Å². The Labute approximate surface area is 222 Å². The Bertz CT molecular complexity index is 1420. The largest absolute Gasteiger partial charge is 0.507 e. The number of rotatable bonds is 7. The lowest BCUT2D eigenvalue weighted by atomic mass is 9.92. The number of carbonyl (C=O) groups excluding carboxylic acids is 3. The predicted molar refractivity (Wildman–Crippen MR) is 144 cm³/mol. The number of methoxy groups -OCH3 is 1. The lowest BCUT2D eigenvalue weighted by Crippen LogP contribution is -2.29. The van der Waals surface area contributed by atoms with Gasteiger partial charge in [0.15, 0.2) is 0 Å². The van der Waals surface area contributed by atoms with Crippen LogP contribution in [-0.4, -0.2) is 40.9 Å². The number of hydrogen-bond acceptors (Lipinski definition) is 6. The van der Waals surface area contributed by atoms with Crippen LogP contribution < -0.4 is 4.74 Å². The van der Waals surface area contributed by atoms with Crippen LogP contribution in [0.4, 0.5) is 0 Å². The summed E-state index contributed by atoms with van der Waals surface area (Å²) in [5, 5.41) is 11.4. The van der Waals surface area contributed by atoms with E-state index >= 15 is 0 Å². The highest BCUT2D eigenvalue weighted by Gasteiger charge is 2.46. The van der Waals surface area contributed by atoms with Crippen LogP contribution in [0.1, 0.15) is 58.1 Å². The van der Waals surface area contributed by atoms with Crippen LogP contribution in [0, 0.1) is 13.8 Å². The fourth-order valence-electron chi connectivity index (χ4n) is 4.66. The number of ketones is 1. The number of carbonyl (C=O) groups is 3. The molecule has 1 amide bonds. The molecule has 7 nitrogen and oxygen atoms in total. The van der Waals surface area contributed by atoms with E-state index < -0.39 is 23.7 Å². The summed E-state index contributed by atoms with van der Waals surface area (Å²) in [5.41, 5.74) is 4.00. The number of esters is 1. The SMILES string of the molecule is COC(=O)c1ccc(CN2C(=O)C(=O)/C(=C(/O)c3ccc(OC(C)C)c(C)c3)C2c2ccccc2C)cc1. The van der Waals surface area contributed by atoms with Gasteiger partial charge in [0.05, 0.1) is 30.4 Å². The maximum absolute atomic E-state index is 13.4. The van der Waals surface area contributed by atoms with Gasteiger partial charge in [0, 0.05) is 12.1 Å². The van der Waals surface area contributed by atoms with Crippen molar-refractivity contribution in [1.29, 1.82) is 0 Å². The Balaban J connectivity index is 1.80. The fourth-order valence-corrected chi connectivity index (χ4v) is 4.66. The molecule has 0 aromatic heterocycles. The van der Waals surface area contributed by atoms with Crippen molar-refractivity contribution >= 4 is 23.4 Å². The molecule has 0 bridgehead atoms. The van der Waals surface area contributed by atoms with Crippen LogP contribution >= 0.6 is 0 Å². The van der Waals surface area contributed by atoms with E-state index in [0.29, 0.717) is 16.9 Å². The summed E-state index contributed by atoms with van der Waals surface area (Å²) >= 11 is 0. The van der Waals surface area contributed by atoms with Crippen molar-refractivity contribution in [1.82, 2.24) is 4.90 Å². The summed E-state index contributed by atoms with van der Waals surface area (Å²) in [5.74, 6) is -1.46. The van der Waals surface area contributed by atoms with Crippen LogP contribution in [0.5, 0.6) is 5.75 Å². The van der Waals surface area contributed by atoms with Crippen molar-refractivity contribution in [3.8, 4) is 5.75 Å². The molecule has 0 saturated carbocycles. The second-order valence-electron chi connectivity index (χ2n) is 9.62. The van der Waals surface area contributed by atoms with Gasteiger partial charge < -0.3 is 19.5 Å². The minimum Gasteiger partial charge on any atom is -0.507 e. The van der Waals surface area contributed by atoms with Gasteiger partial charge in [0.1, 0.15) is 11.5 Å². The van der Waals surface area contributed by atoms with Gasteiger partial charge in [-0.1, -0.05) is 36.4 Å². The van der Waals surface area contributed by atoms with E-state index in [2.05, 4.69) is 0 Å². The molecule has 1 unspecified atom stereocenters. The Hall–Kier alpha value is -4.39. The Morgan fingerprint density at radius 3 is 2.21 bits per heavy atom. The second kappa shape index (κ2) is 10.9. The molecule has 3 aromatic rings. The van der Waals surface area contributed by atoms with Crippen molar-refractivity contribution in [3.05, 3.63) is 106 Å². The third kappa shape index (κ3) is 5.18. The minimum atomic E-state index is -0.789. The number of ether oxygens (including phenoxy) is 2. The number of Topliss-reactive ketones (excluding diaryl/α,β-unsaturated/α-hetero) is 1. The van der Waals surface area contributed by atoms with E-state index in [0.717, 1.165) is 22.3 Å². The van der Waals surface area contributed by atoms with Crippen molar-refractivity contribution in [2.45, 2.75) is 46.4 Å². The highest BCUT2D eigenvalue weighted by molar-refractivity contribution is 6.46. The second-order valence-corrected chi connectivity index (χ2v) is 9.62. The fraction of sp³-hybridized carbons (Fsp3) is 0.258. The molecule has 7 heteroatoms. The summed E-state index contributed by atoms with van der Waals surface area (Å²) in [6.07, 6.45) is -0.0128. The van der Waals surface area contributed by atoms with Crippen LogP contribution in [0.25, 0.3) is 5.76 Å². The lowest BCUT2D eigenvalue weighted by Gasteiger charge is -2.26. The van der Waals surface area contributed by atoms with E-state index in [9.17, 15) is 19.5 Å². The van der Waals surface area contributed by atoms with E-state index in [4.69, 9.17) is 9.47 Å². The summed E-state index contributed by atoms with van der Waals surface area (Å²) in [4.78, 5) is 40.0. The van der Waals surface area contributed by atoms with Crippen molar-refractivity contribution in [2.24, 2.45) is 0 Å². The minimum absolute atomic E-state index is 0.0128. The molecule has 0 spiro atoms. The Morgan fingerprint density at radius 2 is 1.61 bits per heavy atom. The van der Waals surface area contributed by atoms with Gasteiger partial charge >= 0.3 is 5.97 Å². The van der Waals surface area contributed by atoms with Gasteiger partial charge in [0.2, 0.25) is 0 Å². The smallest absolute Gasteiger partial charge is 0.337 e. The average molecular weight is 514 g/mol. The first kappa shape index (κ1) is 26.7. The molecule has 1 fully saturated rings. The number of nitrogens with zero attached hydrogens (tertiary/aromatic N) is 1. The maximum atomic E-state index is 13.4. The number of aliphatic hydroxyl groups is 1. The van der Waals surface area contributed by atoms with Gasteiger partial charge in [-0.15, -0.1) is 0 Å². The zero-order valence-electron chi connectivity index (χ0n) is 22.1. The monoisotopic (exact) mass is 513 g/mol. The van der Waals surface area contributed by atoms with E-state index in [1.165, 1.54) is 12.0 Å². The first-order valence-corrected chi connectivity index (χ1v) is 12.4. The van der Waals surface area contributed by atoms with E-state index in [1.807, 2.05) is 52.0 Å². The first-order chi connectivity index (χ1) is 18.1. The summed E-state index contributed by atoms with van der Waals surface area (Å²) < 4.78 is 10.6. The molecular formula is C31H31NO6. The molecule has 3 aromatic carbocycles. The van der Waals surface area contributed by atoms with Gasteiger partial charge in [-0.25, -0.2) is 4.79 Å². The van der Waals surface area contributed by atoms with Gasteiger partial charge in [-0.2, -0.15) is 0 Å². The van der Waals surface area contributed by atoms with Gasteiger partial charge in [0.25, 0.3) is 11.7 Å². The van der Waals surface area contributed by atoms with E-state index in [1.54, 1.807) is 42.5 Å². The van der Waals surface area contributed by atoms with Gasteiger partial charge in [-0.3, -0.25) is 9.59 Å². The number of aliphatic hydroxyl groups excluding tert-OH is 1. The lowest BCUT2D eigenvalue weighted by molar-refractivity contribution is -0.140. The number of hydrogen-bond donors (Lipinski definition) is 1. The molecular weight excluding hydrogens is 482 g/mol. The Morgan fingerprint density at radius 1 is 0.947 bits per heavy atom.